The van der Waals surface area contributed by atoms with Crippen LogP contribution >= 0.6 is 0 Å². The third kappa shape index (κ3) is 16.2. The van der Waals surface area contributed by atoms with Crippen molar-refractivity contribution in [2.75, 3.05) is 0 Å². The molecule has 4 saturated carbocycles. The molecule has 0 saturated heterocycles. The molecule has 3 N–H and O–H groups in total. The van der Waals surface area contributed by atoms with Crippen LogP contribution < -0.4 is 0 Å². The Morgan fingerprint density at radius 2 is 0.491 bits per heavy atom. The summed E-state index contributed by atoms with van der Waals surface area (Å²) in [4.78, 5) is 0. The van der Waals surface area contributed by atoms with Gasteiger partial charge in [0.25, 0.3) is 5.60 Å². The van der Waals surface area contributed by atoms with Gasteiger partial charge in [-0.05, 0) is 151 Å². The van der Waals surface area contributed by atoms with E-state index in [0.717, 1.165) is 35.5 Å². The SMILES string of the molecule is CC(C)(C)O.CC(C)(C1CCCCC1)C1CC(C(C)(C)C2CCCCC2)CC(C(C)(C)C2CCCCC2)C1.CC(C)(O)C(F)(F)F.CC(O)(C(F)(F)F)C(F)(F)F. The Kier molecular flexibility index (Phi) is 19.4. The highest BCUT2D eigenvalue weighted by Gasteiger charge is 2.67. The van der Waals surface area contributed by atoms with Crippen molar-refractivity contribution in [2.45, 2.75) is 234 Å². The Bertz CT molecular complexity index is 1010. The molecule has 0 atom stereocenters. The molecule has 4 fully saturated rings. The number of halogens is 9. The molecule has 0 aliphatic heterocycles. The van der Waals surface area contributed by atoms with Crippen LogP contribution in [-0.2, 0) is 0 Å². The van der Waals surface area contributed by atoms with Gasteiger partial charge in [-0.3, -0.25) is 0 Å². The third-order valence-electron chi connectivity index (χ3n) is 14.6. The van der Waals surface area contributed by atoms with Crippen LogP contribution in [0.3, 0.4) is 0 Å². The first-order chi connectivity index (χ1) is 25.4. The zero-order chi connectivity index (χ0) is 44.7. The van der Waals surface area contributed by atoms with E-state index in [-0.39, 0.29) is 6.92 Å². The maximum atomic E-state index is 11.4. The minimum absolute atomic E-state index is 0.340. The molecule has 3 nitrogen and oxygen atoms in total. The summed E-state index contributed by atoms with van der Waals surface area (Å²) in [5.74, 6) is 5.75. The van der Waals surface area contributed by atoms with Gasteiger partial charge in [0.2, 0.25) is 0 Å². The second-order valence-electron chi connectivity index (χ2n) is 21.6. The van der Waals surface area contributed by atoms with Crippen molar-refractivity contribution in [3.05, 3.63) is 0 Å². The van der Waals surface area contributed by atoms with E-state index in [4.69, 9.17) is 15.3 Å². The van der Waals surface area contributed by atoms with Gasteiger partial charge >= 0.3 is 18.5 Å². The lowest BCUT2D eigenvalue weighted by molar-refractivity contribution is -0.360. The average molecular weight is 841 g/mol. The van der Waals surface area contributed by atoms with Crippen LogP contribution in [0.25, 0.3) is 0 Å². The first kappa shape index (κ1) is 54.3. The van der Waals surface area contributed by atoms with Gasteiger partial charge in [-0.1, -0.05) is 99.3 Å². The fraction of sp³-hybridized carbons (Fsp3) is 1.00. The van der Waals surface area contributed by atoms with Crippen LogP contribution in [-0.4, -0.2) is 50.7 Å². The monoisotopic (exact) mass is 841 g/mol. The van der Waals surface area contributed by atoms with Crippen molar-refractivity contribution in [3.63, 3.8) is 0 Å². The van der Waals surface area contributed by atoms with E-state index in [2.05, 4.69) is 41.5 Å². The molecule has 57 heavy (non-hydrogen) atoms. The summed E-state index contributed by atoms with van der Waals surface area (Å²) in [5, 5.41) is 24.7. The minimum atomic E-state index is -5.69. The van der Waals surface area contributed by atoms with Crippen molar-refractivity contribution in [2.24, 2.45) is 51.8 Å². The van der Waals surface area contributed by atoms with Gasteiger partial charge in [-0.15, -0.1) is 0 Å². The Balaban J connectivity index is 0.000000552. The Hall–Kier alpha value is -0.750. The lowest BCUT2D eigenvalue weighted by Gasteiger charge is -2.56. The molecule has 342 valence electrons. The van der Waals surface area contributed by atoms with Crippen molar-refractivity contribution in [3.8, 4) is 0 Å². The van der Waals surface area contributed by atoms with Crippen LogP contribution in [0.2, 0.25) is 0 Å². The first-order valence-electron chi connectivity index (χ1n) is 21.8. The molecular weight excluding hydrogens is 759 g/mol. The molecule has 0 bridgehead atoms. The number of alkyl halides is 9. The van der Waals surface area contributed by atoms with E-state index in [1.54, 1.807) is 20.8 Å². The molecule has 0 aromatic rings. The fourth-order valence-corrected chi connectivity index (χ4v) is 9.84. The van der Waals surface area contributed by atoms with E-state index in [0.29, 0.717) is 30.1 Å². The van der Waals surface area contributed by atoms with Crippen molar-refractivity contribution < 1.29 is 54.8 Å². The van der Waals surface area contributed by atoms with E-state index in [9.17, 15) is 39.5 Å². The van der Waals surface area contributed by atoms with Crippen molar-refractivity contribution in [1.82, 2.24) is 0 Å². The molecule has 0 amide bonds. The highest BCUT2D eigenvalue weighted by atomic mass is 19.4. The molecule has 4 aliphatic rings. The molecular formula is C45H81F9O3. The molecule has 0 aromatic heterocycles. The van der Waals surface area contributed by atoms with Crippen LogP contribution in [0.5, 0.6) is 0 Å². The summed E-state index contributed by atoms with van der Waals surface area (Å²) in [6.45, 7) is 22.6. The number of hydrogen-bond acceptors (Lipinski definition) is 3. The van der Waals surface area contributed by atoms with Gasteiger partial charge in [-0.25, -0.2) is 0 Å². The molecule has 4 rings (SSSR count). The summed E-state index contributed by atoms with van der Waals surface area (Å²) in [7, 11) is 0. The maximum Gasteiger partial charge on any atom is 0.425 e. The second-order valence-corrected chi connectivity index (χ2v) is 21.6. The van der Waals surface area contributed by atoms with Crippen LogP contribution in [0.4, 0.5) is 39.5 Å². The van der Waals surface area contributed by atoms with Gasteiger partial charge in [0.15, 0.2) is 5.60 Å². The van der Waals surface area contributed by atoms with Gasteiger partial charge < -0.3 is 15.3 Å². The van der Waals surface area contributed by atoms with Crippen molar-refractivity contribution >= 4 is 0 Å². The number of hydrogen-bond donors (Lipinski definition) is 3. The zero-order valence-corrected chi connectivity index (χ0v) is 37.4. The van der Waals surface area contributed by atoms with Gasteiger partial charge in [0.1, 0.15) is 0 Å². The summed E-state index contributed by atoms with van der Waals surface area (Å²) in [5.41, 5.74) is -6.10. The predicted octanol–water partition coefficient (Wildman–Crippen LogP) is 14.8. The normalized spacial score (nSPS) is 24.9. The summed E-state index contributed by atoms with van der Waals surface area (Å²) < 4.78 is 102. The quantitative estimate of drug-likeness (QED) is 0.234. The van der Waals surface area contributed by atoms with Gasteiger partial charge in [-0.2, -0.15) is 39.5 Å². The summed E-state index contributed by atoms with van der Waals surface area (Å²) in [6, 6.07) is 0. The highest BCUT2D eigenvalue weighted by Crippen LogP contribution is 2.60. The van der Waals surface area contributed by atoms with Crippen LogP contribution in [0, 0.1) is 51.8 Å². The zero-order valence-electron chi connectivity index (χ0n) is 37.4. The van der Waals surface area contributed by atoms with Crippen molar-refractivity contribution in [1.29, 1.82) is 0 Å². The first-order valence-corrected chi connectivity index (χ1v) is 21.8. The Morgan fingerprint density at radius 3 is 0.614 bits per heavy atom. The molecule has 0 spiro atoms. The molecule has 0 aromatic carbocycles. The van der Waals surface area contributed by atoms with E-state index in [1.807, 2.05) is 0 Å². The Labute approximate surface area is 340 Å². The van der Waals surface area contributed by atoms with Crippen LogP contribution in [0.15, 0.2) is 0 Å². The molecule has 0 heterocycles. The molecule has 12 heteroatoms. The van der Waals surface area contributed by atoms with Crippen LogP contribution in [0.1, 0.15) is 199 Å². The average Bonchev–Trinajstić information content (AvgIpc) is 3.07. The largest absolute Gasteiger partial charge is 0.425 e. The van der Waals surface area contributed by atoms with Gasteiger partial charge in [0, 0.05) is 0 Å². The summed E-state index contributed by atoms with van der Waals surface area (Å²) in [6.07, 6.45) is 11.2. The van der Waals surface area contributed by atoms with E-state index in [1.165, 1.54) is 116 Å². The number of aliphatic hydroxyl groups is 3. The topological polar surface area (TPSA) is 60.7 Å². The Morgan fingerprint density at radius 1 is 0.316 bits per heavy atom. The molecule has 4 aliphatic carbocycles. The van der Waals surface area contributed by atoms with E-state index >= 15 is 0 Å². The summed E-state index contributed by atoms with van der Waals surface area (Å²) >= 11 is 0. The second kappa shape index (κ2) is 20.4. The molecule has 0 unspecified atom stereocenters. The van der Waals surface area contributed by atoms with Gasteiger partial charge in [0.05, 0.1) is 5.60 Å². The third-order valence-corrected chi connectivity index (χ3v) is 14.6. The fourth-order valence-electron chi connectivity index (χ4n) is 9.84. The van der Waals surface area contributed by atoms with E-state index < -0.39 is 35.3 Å². The lowest BCUT2D eigenvalue weighted by atomic mass is 9.49. The molecule has 0 radical (unpaired) electrons. The standard InChI is InChI=1S/C33H60.C4H4F6O.C4H7F3O.C4H10O/c1-31(2,25-16-10-7-11-17-25)28-22-29(32(3,4)26-18-12-8-13-19-26)24-30(23-28)33(5,6)27-20-14-9-15-21-27;1-2(11,3(5,6)7)4(8,9)10;1-3(2,8)4(5,6)7;1-4(2,3)5/h25-30H,7-24H2,1-6H3;11H,1H3;8H,1-2H3;5H,1-3H3. The minimum Gasteiger partial charge on any atom is -0.391 e. The number of rotatable bonds is 6. The highest BCUT2D eigenvalue weighted by molar-refractivity contribution is 5.01. The smallest absolute Gasteiger partial charge is 0.391 e. The maximum absolute atomic E-state index is 11.4. The lowest BCUT2D eigenvalue weighted by Crippen LogP contribution is -2.54. The predicted molar refractivity (Wildman–Crippen MR) is 212 cm³/mol.